The average molecular weight is 327 g/mol. The van der Waals surface area contributed by atoms with Crippen molar-refractivity contribution in [1.82, 2.24) is 0 Å². The van der Waals surface area contributed by atoms with Crippen LogP contribution in [0.4, 0.5) is 0 Å². The van der Waals surface area contributed by atoms with Crippen LogP contribution in [0.15, 0.2) is 41.4 Å². The first-order valence-electron chi connectivity index (χ1n) is 7.80. The quantitative estimate of drug-likeness (QED) is 0.846. The monoisotopic (exact) mass is 327 g/mol. The summed E-state index contributed by atoms with van der Waals surface area (Å²) in [6.45, 7) is 1.16. The molecule has 0 radical (unpaired) electrons. The molecule has 1 heterocycles. The number of hydrogen-bond donors (Lipinski definition) is 0. The zero-order chi connectivity index (χ0) is 16.9. The van der Waals surface area contributed by atoms with Crippen LogP contribution in [0.25, 0.3) is 0 Å². The highest BCUT2D eigenvalue weighted by atomic mass is 16.5. The number of hydrogen-bond acceptors (Lipinski definition) is 5. The van der Waals surface area contributed by atoms with Crippen molar-refractivity contribution >= 4 is 5.90 Å². The van der Waals surface area contributed by atoms with E-state index < -0.39 is 0 Å². The van der Waals surface area contributed by atoms with Gasteiger partial charge in [0, 0.05) is 12.1 Å². The maximum Gasteiger partial charge on any atom is 0.216 e. The molecule has 5 nitrogen and oxygen atoms in total. The van der Waals surface area contributed by atoms with E-state index in [-0.39, 0.29) is 0 Å². The number of aliphatic imine (C=N–C) groups is 1. The highest BCUT2D eigenvalue weighted by molar-refractivity contribution is 5.97. The van der Waals surface area contributed by atoms with Gasteiger partial charge in [-0.25, -0.2) is 0 Å². The Balaban J connectivity index is 1.79. The summed E-state index contributed by atoms with van der Waals surface area (Å²) >= 11 is 0. The van der Waals surface area contributed by atoms with E-state index in [1.54, 1.807) is 21.3 Å². The molecule has 0 spiro atoms. The minimum absolute atomic E-state index is 0.455. The van der Waals surface area contributed by atoms with Gasteiger partial charge >= 0.3 is 0 Å². The van der Waals surface area contributed by atoms with E-state index in [9.17, 15) is 0 Å². The summed E-state index contributed by atoms with van der Waals surface area (Å²) in [7, 11) is 4.92. The van der Waals surface area contributed by atoms with Gasteiger partial charge in [-0.1, -0.05) is 12.1 Å². The van der Waals surface area contributed by atoms with E-state index >= 15 is 0 Å². The Kier molecular flexibility index (Phi) is 4.89. The molecular weight excluding hydrogens is 306 g/mol. The molecule has 0 fully saturated rings. The molecule has 0 N–H and O–H groups in total. The van der Waals surface area contributed by atoms with E-state index in [2.05, 4.69) is 4.99 Å². The zero-order valence-electron chi connectivity index (χ0n) is 14.2. The molecule has 0 amide bonds. The number of ether oxygens (including phenoxy) is 4. The van der Waals surface area contributed by atoms with Crippen LogP contribution in [0, 0.1) is 0 Å². The number of nitrogens with zero attached hydrogens (tertiary/aromatic N) is 1. The Hall–Kier alpha value is -2.69. The van der Waals surface area contributed by atoms with Gasteiger partial charge in [-0.05, 0) is 41.8 Å². The van der Waals surface area contributed by atoms with Crippen molar-refractivity contribution in [3.8, 4) is 17.2 Å². The van der Waals surface area contributed by atoms with E-state index in [0.717, 1.165) is 34.6 Å². The van der Waals surface area contributed by atoms with E-state index in [1.165, 1.54) is 0 Å². The lowest BCUT2D eigenvalue weighted by Gasteiger charge is -2.20. The van der Waals surface area contributed by atoms with Crippen molar-refractivity contribution in [2.75, 3.05) is 27.9 Å². The molecule has 1 aliphatic rings. The molecular formula is C19H21NO4. The SMILES string of the molecule is COc1ccc(COC2=NCCc3cc(OC)c(OC)cc32)cc1. The molecule has 3 rings (SSSR count). The first-order valence-corrected chi connectivity index (χ1v) is 7.80. The molecule has 0 saturated heterocycles. The van der Waals surface area contributed by atoms with E-state index in [0.29, 0.717) is 24.8 Å². The highest BCUT2D eigenvalue weighted by Gasteiger charge is 2.19. The fourth-order valence-corrected chi connectivity index (χ4v) is 2.69. The Morgan fingerprint density at radius 2 is 1.62 bits per heavy atom. The summed E-state index contributed by atoms with van der Waals surface area (Å²) in [6, 6.07) is 11.7. The molecule has 0 bridgehead atoms. The van der Waals surface area contributed by atoms with Gasteiger partial charge in [0.15, 0.2) is 11.5 Å². The minimum atomic E-state index is 0.455. The Morgan fingerprint density at radius 3 is 2.29 bits per heavy atom. The Morgan fingerprint density at radius 1 is 0.917 bits per heavy atom. The fraction of sp³-hybridized carbons (Fsp3) is 0.316. The van der Waals surface area contributed by atoms with Gasteiger partial charge in [0.2, 0.25) is 5.90 Å². The molecule has 0 aromatic heterocycles. The maximum atomic E-state index is 5.95. The molecule has 1 aliphatic heterocycles. The van der Waals surface area contributed by atoms with Crippen LogP contribution in [0.3, 0.4) is 0 Å². The van der Waals surface area contributed by atoms with Crippen molar-refractivity contribution in [2.24, 2.45) is 4.99 Å². The van der Waals surface area contributed by atoms with Gasteiger partial charge in [-0.3, -0.25) is 4.99 Å². The van der Waals surface area contributed by atoms with Crippen LogP contribution in [0.1, 0.15) is 16.7 Å². The molecule has 2 aromatic carbocycles. The standard InChI is InChI=1S/C19H21NO4/c1-21-15-6-4-13(5-7-15)12-24-19-16-11-18(23-3)17(22-2)10-14(16)8-9-20-19/h4-7,10-11H,8-9,12H2,1-3H3. The third-order valence-electron chi connectivity index (χ3n) is 4.01. The third-order valence-corrected chi connectivity index (χ3v) is 4.01. The first-order chi connectivity index (χ1) is 11.7. The fourth-order valence-electron chi connectivity index (χ4n) is 2.69. The lowest BCUT2D eigenvalue weighted by atomic mass is 10.0. The number of rotatable bonds is 5. The third kappa shape index (κ3) is 3.30. The lowest BCUT2D eigenvalue weighted by Crippen LogP contribution is -2.16. The topological polar surface area (TPSA) is 49.3 Å². The largest absolute Gasteiger partial charge is 0.497 e. The molecule has 24 heavy (non-hydrogen) atoms. The van der Waals surface area contributed by atoms with Crippen LogP contribution in [-0.4, -0.2) is 33.8 Å². The maximum absolute atomic E-state index is 5.95. The Labute approximate surface area is 141 Å². The highest BCUT2D eigenvalue weighted by Crippen LogP contribution is 2.32. The van der Waals surface area contributed by atoms with E-state index in [1.807, 2.05) is 36.4 Å². The first kappa shape index (κ1) is 16.2. The number of methoxy groups -OCH3 is 3. The predicted octanol–water partition coefficient (Wildman–Crippen LogP) is 3.23. The zero-order valence-corrected chi connectivity index (χ0v) is 14.2. The minimum Gasteiger partial charge on any atom is -0.497 e. The number of benzene rings is 2. The predicted molar refractivity (Wildman–Crippen MR) is 92.4 cm³/mol. The molecule has 126 valence electrons. The molecule has 0 atom stereocenters. The van der Waals surface area contributed by atoms with Gasteiger partial charge < -0.3 is 18.9 Å². The van der Waals surface area contributed by atoms with Crippen LogP contribution in [0.5, 0.6) is 17.2 Å². The van der Waals surface area contributed by atoms with Crippen molar-refractivity contribution in [3.05, 3.63) is 53.1 Å². The van der Waals surface area contributed by atoms with Gasteiger partial charge in [0.25, 0.3) is 0 Å². The summed E-state index contributed by atoms with van der Waals surface area (Å²) in [5, 5.41) is 0. The summed E-state index contributed by atoms with van der Waals surface area (Å²) in [6.07, 6.45) is 0.866. The second kappa shape index (κ2) is 7.25. The van der Waals surface area contributed by atoms with Crippen LogP contribution >= 0.6 is 0 Å². The second-order valence-electron chi connectivity index (χ2n) is 5.44. The van der Waals surface area contributed by atoms with Crippen molar-refractivity contribution in [2.45, 2.75) is 13.0 Å². The van der Waals surface area contributed by atoms with Gasteiger partial charge in [-0.15, -0.1) is 0 Å². The number of fused-ring (bicyclic) bond motifs is 1. The second-order valence-corrected chi connectivity index (χ2v) is 5.44. The van der Waals surface area contributed by atoms with Gasteiger partial charge in [-0.2, -0.15) is 0 Å². The molecule has 0 unspecified atom stereocenters. The average Bonchev–Trinajstić information content (AvgIpc) is 2.65. The summed E-state index contributed by atoms with van der Waals surface area (Å²) in [5.74, 6) is 2.88. The van der Waals surface area contributed by atoms with E-state index in [4.69, 9.17) is 18.9 Å². The van der Waals surface area contributed by atoms with Crippen LogP contribution < -0.4 is 14.2 Å². The molecule has 0 saturated carbocycles. The van der Waals surface area contributed by atoms with Crippen molar-refractivity contribution in [1.29, 1.82) is 0 Å². The van der Waals surface area contributed by atoms with Crippen LogP contribution in [0.2, 0.25) is 0 Å². The summed E-state index contributed by atoms with van der Waals surface area (Å²) in [4.78, 5) is 4.52. The molecule has 5 heteroatoms. The normalized spacial score (nSPS) is 12.9. The summed E-state index contributed by atoms with van der Waals surface area (Å²) in [5.41, 5.74) is 3.19. The summed E-state index contributed by atoms with van der Waals surface area (Å²) < 4.78 is 21.9. The van der Waals surface area contributed by atoms with Gasteiger partial charge in [0.1, 0.15) is 12.4 Å². The lowest BCUT2D eigenvalue weighted by molar-refractivity contribution is 0.290. The van der Waals surface area contributed by atoms with Gasteiger partial charge in [0.05, 0.1) is 21.3 Å². The van der Waals surface area contributed by atoms with Crippen molar-refractivity contribution < 1.29 is 18.9 Å². The Bertz CT molecular complexity index is 738. The smallest absolute Gasteiger partial charge is 0.216 e. The molecule has 0 aliphatic carbocycles. The van der Waals surface area contributed by atoms with Crippen molar-refractivity contribution in [3.63, 3.8) is 0 Å². The van der Waals surface area contributed by atoms with Crippen LogP contribution in [-0.2, 0) is 17.8 Å². The molecule has 2 aromatic rings.